The van der Waals surface area contributed by atoms with Gasteiger partial charge in [-0.3, -0.25) is 4.40 Å². The first kappa shape index (κ1) is 12.2. The Kier molecular flexibility index (Phi) is 2.94. The van der Waals surface area contributed by atoms with E-state index in [0.717, 1.165) is 35.8 Å². The van der Waals surface area contributed by atoms with Gasteiger partial charge in [0.25, 0.3) is 0 Å². The molecule has 2 heterocycles. The molecule has 3 rings (SSSR count). The zero-order chi connectivity index (χ0) is 12.8. The molecule has 98 valence electrons. The van der Waals surface area contributed by atoms with Crippen LogP contribution in [0.25, 0.3) is 4.96 Å². The lowest BCUT2D eigenvalue weighted by Crippen LogP contribution is -2.43. The van der Waals surface area contributed by atoms with E-state index < -0.39 is 5.60 Å². The average molecular weight is 264 g/mol. The number of fused-ring (bicyclic) bond motifs is 1. The standard InChI is InChI=1S/C14H20N2OS/c1-10-3-4-14(17,11(2)7-10)8-12-9-16-5-6-18-13(16)15-12/h5-6,9-11,17H,3-4,7-8H2,1-2H3. The van der Waals surface area contributed by atoms with Gasteiger partial charge in [-0.05, 0) is 31.1 Å². The van der Waals surface area contributed by atoms with Crippen LogP contribution in [0, 0.1) is 11.8 Å². The third kappa shape index (κ3) is 2.08. The van der Waals surface area contributed by atoms with Gasteiger partial charge in [0.1, 0.15) is 0 Å². The molecule has 1 aliphatic carbocycles. The molecule has 0 bridgehead atoms. The normalized spacial score (nSPS) is 33.1. The van der Waals surface area contributed by atoms with Gasteiger partial charge in [0, 0.05) is 24.2 Å². The minimum absolute atomic E-state index is 0.362. The Hall–Kier alpha value is -0.870. The lowest BCUT2D eigenvalue weighted by molar-refractivity contribution is -0.0528. The van der Waals surface area contributed by atoms with E-state index >= 15 is 0 Å². The predicted molar refractivity (Wildman–Crippen MR) is 73.9 cm³/mol. The van der Waals surface area contributed by atoms with Crippen molar-refractivity contribution in [3.8, 4) is 0 Å². The highest BCUT2D eigenvalue weighted by Gasteiger charge is 2.38. The molecule has 0 aromatic carbocycles. The Morgan fingerprint density at radius 2 is 2.39 bits per heavy atom. The van der Waals surface area contributed by atoms with Gasteiger partial charge in [-0.25, -0.2) is 4.98 Å². The summed E-state index contributed by atoms with van der Waals surface area (Å²) in [5.41, 5.74) is 0.460. The first-order chi connectivity index (χ1) is 8.57. The lowest BCUT2D eigenvalue weighted by Gasteiger charge is -2.40. The fourth-order valence-corrected chi connectivity index (χ4v) is 3.84. The molecular weight excluding hydrogens is 244 g/mol. The van der Waals surface area contributed by atoms with Gasteiger partial charge < -0.3 is 5.11 Å². The van der Waals surface area contributed by atoms with Gasteiger partial charge >= 0.3 is 0 Å². The second kappa shape index (κ2) is 4.35. The molecule has 3 nitrogen and oxygen atoms in total. The van der Waals surface area contributed by atoms with Crippen LogP contribution < -0.4 is 0 Å². The van der Waals surface area contributed by atoms with Crippen molar-refractivity contribution >= 4 is 16.3 Å². The number of aromatic nitrogens is 2. The summed E-state index contributed by atoms with van der Waals surface area (Å²) >= 11 is 1.64. The zero-order valence-electron chi connectivity index (χ0n) is 11.0. The van der Waals surface area contributed by atoms with Crippen LogP contribution in [0.1, 0.15) is 38.8 Å². The van der Waals surface area contributed by atoms with Crippen molar-refractivity contribution in [3.05, 3.63) is 23.5 Å². The van der Waals surface area contributed by atoms with Crippen LogP contribution >= 0.6 is 11.3 Å². The zero-order valence-corrected chi connectivity index (χ0v) is 11.8. The van der Waals surface area contributed by atoms with Crippen molar-refractivity contribution in [2.75, 3.05) is 0 Å². The van der Waals surface area contributed by atoms with Crippen molar-refractivity contribution in [2.45, 2.75) is 45.1 Å². The molecule has 1 N–H and O–H groups in total. The number of aliphatic hydroxyl groups is 1. The van der Waals surface area contributed by atoms with Crippen molar-refractivity contribution in [2.24, 2.45) is 11.8 Å². The summed E-state index contributed by atoms with van der Waals surface area (Å²) in [6, 6.07) is 0. The molecular formula is C14H20N2OS. The molecule has 0 amide bonds. The van der Waals surface area contributed by atoms with E-state index in [0.29, 0.717) is 12.3 Å². The summed E-state index contributed by atoms with van der Waals surface area (Å²) in [4.78, 5) is 5.61. The average Bonchev–Trinajstić information content (AvgIpc) is 2.85. The summed E-state index contributed by atoms with van der Waals surface area (Å²) in [7, 11) is 0. The Morgan fingerprint density at radius 1 is 1.56 bits per heavy atom. The van der Waals surface area contributed by atoms with Gasteiger partial charge in [0.2, 0.25) is 0 Å². The third-order valence-corrected chi connectivity index (χ3v) is 5.14. The van der Waals surface area contributed by atoms with Gasteiger partial charge in [-0.2, -0.15) is 0 Å². The van der Waals surface area contributed by atoms with Crippen LogP contribution in [0.4, 0.5) is 0 Å². The van der Waals surface area contributed by atoms with Crippen molar-refractivity contribution in [1.29, 1.82) is 0 Å². The van der Waals surface area contributed by atoms with Gasteiger partial charge in [-0.15, -0.1) is 11.3 Å². The van der Waals surface area contributed by atoms with Gasteiger partial charge in [0.15, 0.2) is 4.96 Å². The van der Waals surface area contributed by atoms with E-state index in [1.807, 2.05) is 16.0 Å². The number of rotatable bonds is 2. The van der Waals surface area contributed by atoms with Crippen molar-refractivity contribution < 1.29 is 5.11 Å². The fourth-order valence-electron chi connectivity index (χ4n) is 3.12. The molecule has 1 saturated carbocycles. The molecule has 3 unspecified atom stereocenters. The molecule has 0 spiro atoms. The van der Waals surface area contributed by atoms with Crippen LogP contribution in [0.2, 0.25) is 0 Å². The summed E-state index contributed by atoms with van der Waals surface area (Å²) < 4.78 is 2.04. The smallest absolute Gasteiger partial charge is 0.193 e. The quantitative estimate of drug-likeness (QED) is 0.905. The minimum atomic E-state index is -0.559. The summed E-state index contributed by atoms with van der Waals surface area (Å²) in [5.74, 6) is 1.10. The molecule has 0 radical (unpaired) electrons. The van der Waals surface area contributed by atoms with E-state index in [1.165, 1.54) is 0 Å². The molecule has 18 heavy (non-hydrogen) atoms. The number of nitrogens with zero attached hydrogens (tertiary/aromatic N) is 2. The molecule has 3 atom stereocenters. The maximum atomic E-state index is 10.8. The second-order valence-electron chi connectivity index (χ2n) is 5.89. The highest BCUT2D eigenvalue weighted by Crippen LogP contribution is 2.38. The van der Waals surface area contributed by atoms with Crippen molar-refractivity contribution in [3.63, 3.8) is 0 Å². The summed E-state index contributed by atoms with van der Waals surface area (Å²) in [6.07, 6.45) is 7.92. The number of hydrogen-bond donors (Lipinski definition) is 1. The first-order valence-corrected chi connectivity index (χ1v) is 7.58. The molecule has 2 aromatic rings. The van der Waals surface area contributed by atoms with E-state index in [1.54, 1.807) is 11.3 Å². The SMILES string of the molecule is CC1CCC(O)(Cc2cn3ccsc3n2)C(C)C1. The maximum Gasteiger partial charge on any atom is 0.193 e. The minimum Gasteiger partial charge on any atom is -0.389 e. The summed E-state index contributed by atoms with van der Waals surface area (Å²) in [5, 5.41) is 12.9. The first-order valence-electron chi connectivity index (χ1n) is 6.70. The highest BCUT2D eigenvalue weighted by molar-refractivity contribution is 7.15. The second-order valence-corrected chi connectivity index (χ2v) is 6.76. The molecule has 1 fully saturated rings. The highest BCUT2D eigenvalue weighted by atomic mass is 32.1. The predicted octanol–water partition coefficient (Wildman–Crippen LogP) is 3.13. The van der Waals surface area contributed by atoms with Crippen LogP contribution in [-0.4, -0.2) is 20.1 Å². The molecule has 1 aliphatic rings. The maximum absolute atomic E-state index is 10.8. The Balaban J connectivity index is 1.80. The Labute approximate surface area is 111 Å². The Morgan fingerprint density at radius 3 is 3.11 bits per heavy atom. The molecule has 0 aliphatic heterocycles. The topological polar surface area (TPSA) is 37.5 Å². The van der Waals surface area contributed by atoms with Crippen LogP contribution in [0.5, 0.6) is 0 Å². The monoisotopic (exact) mass is 264 g/mol. The van der Waals surface area contributed by atoms with Crippen LogP contribution in [0.15, 0.2) is 17.8 Å². The lowest BCUT2D eigenvalue weighted by atomic mass is 9.70. The number of thiazole rings is 1. The van der Waals surface area contributed by atoms with Crippen molar-refractivity contribution in [1.82, 2.24) is 9.38 Å². The molecule has 0 saturated heterocycles. The number of imidazole rings is 1. The fraction of sp³-hybridized carbons (Fsp3) is 0.643. The summed E-state index contributed by atoms with van der Waals surface area (Å²) in [6.45, 7) is 4.46. The number of hydrogen-bond acceptors (Lipinski definition) is 3. The van der Waals surface area contributed by atoms with Gasteiger partial charge in [-0.1, -0.05) is 13.8 Å². The largest absolute Gasteiger partial charge is 0.389 e. The molecule has 2 aromatic heterocycles. The van der Waals surface area contributed by atoms with Gasteiger partial charge in [0.05, 0.1) is 11.3 Å². The van der Waals surface area contributed by atoms with Crippen LogP contribution in [0.3, 0.4) is 0 Å². The van der Waals surface area contributed by atoms with Crippen LogP contribution in [-0.2, 0) is 6.42 Å². The Bertz CT molecular complexity index is 518. The van der Waals surface area contributed by atoms with E-state index in [2.05, 4.69) is 25.0 Å². The van der Waals surface area contributed by atoms with E-state index in [-0.39, 0.29) is 0 Å². The molecule has 4 heteroatoms. The van der Waals surface area contributed by atoms with E-state index in [4.69, 9.17) is 0 Å². The third-order valence-electron chi connectivity index (χ3n) is 4.37. The van der Waals surface area contributed by atoms with E-state index in [9.17, 15) is 5.11 Å².